The van der Waals surface area contributed by atoms with E-state index in [1.807, 2.05) is 0 Å². The summed E-state index contributed by atoms with van der Waals surface area (Å²) in [5.74, 6) is -1.17. The van der Waals surface area contributed by atoms with Crippen molar-refractivity contribution in [3.8, 4) is 5.75 Å². The van der Waals surface area contributed by atoms with Gasteiger partial charge in [-0.2, -0.15) is 0 Å². The molecular formula is C14H15FN2O4. The van der Waals surface area contributed by atoms with Crippen molar-refractivity contribution in [2.24, 2.45) is 0 Å². The number of halogens is 1. The van der Waals surface area contributed by atoms with Gasteiger partial charge < -0.3 is 10.1 Å². The molecule has 7 heteroatoms. The summed E-state index contributed by atoms with van der Waals surface area (Å²) in [6.07, 6.45) is 0.385. The van der Waals surface area contributed by atoms with Crippen LogP contribution in [0.15, 0.2) is 18.2 Å². The van der Waals surface area contributed by atoms with Gasteiger partial charge in [-0.25, -0.2) is 4.39 Å². The van der Waals surface area contributed by atoms with Crippen molar-refractivity contribution in [3.63, 3.8) is 0 Å². The first-order chi connectivity index (χ1) is 10.0. The van der Waals surface area contributed by atoms with Crippen LogP contribution in [-0.2, 0) is 14.4 Å². The van der Waals surface area contributed by atoms with Gasteiger partial charge in [-0.3, -0.25) is 19.3 Å². The number of carbonyl (C=O) groups excluding carboxylic acids is 3. The smallest absolute Gasteiger partial charge is 0.229 e. The maximum atomic E-state index is 13.0. The maximum absolute atomic E-state index is 13.0. The van der Waals surface area contributed by atoms with Crippen LogP contribution in [0.5, 0.6) is 5.75 Å². The number of hydrogen-bond acceptors (Lipinski definition) is 4. The first kappa shape index (κ1) is 15.0. The molecule has 1 aromatic rings. The van der Waals surface area contributed by atoms with Gasteiger partial charge in [-0.15, -0.1) is 0 Å². The third-order valence-electron chi connectivity index (χ3n) is 3.15. The summed E-state index contributed by atoms with van der Waals surface area (Å²) in [6.45, 7) is 0.0486. The number of rotatable bonds is 5. The number of anilines is 1. The van der Waals surface area contributed by atoms with Crippen molar-refractivity contribution < 1.29 is 23.5 Å². The summed E-state index contributed by atoms with van der Waals surface area (Å²) < 4.78 is 18.0. The number of imide groups is 1. The third kappa shape index (κ3) is 3.56. The van der Waals surface area contributed by atoms with E-state index in [1.54, 1.807) is 0 Å². The molecule has 0 radical (unpaired) electrons. The molecule has 0 bridgehead atoms. The zero-order chi connectivity index (χ0) is 15.4. The number of nitrogens with one attached hydrogen (secondary N) is 1. The largest absolute Gasteiger partial charge is 0.494 e. The number of carbonyl (C=O) groups is 3. The summed E-state index contributed by atoms with van der Waals surface area (Å²) in [5, 5.41) is 2.56. The minimum absolute atomic E-state index is 0.0159. The molecule has 0 aromatic heterocycles. The van der Waals surface area contributed by atoms with Crippen LogP contribution in [0.25, 0.3) is 0 Å². The van der Waals surface area contributed by atoms with Gasteiger partial charge in [-0.05, 0) is 12.1 Å². The highest BCUT2D eigenvalue weighted by Gasteiger charge is 2.28. The van der Waals surface area contributed by atoms with E-state index in [0.717, 1.165) is 11.0 Å². The minimum atomic E-state index is -0.474. The van der Waals surface area contributed by atoms with Crippen LogP contribution in [0.4, 0.5) is 10.1 Å². The predicted octanol–water partition coefficient (Wildman–Crippen LogP) is 1.31. The van der Waals surface area contributed by atoms with E-state index in [0.29, 0.717) is 5.69 Å². The van der Waals surface area contributed by atoms with Crippen LogP contribution in [0.1, 0.15) is 19.3 Å². The van der Waals surface area contributed by atoms with Crippen molar-refractivity contribution >= 4 is 23.4 Å². The molecule has 0 atom stereocenters. The molecule has 0 aliphatic carbocycles. The number of amides is 3. The Kier molecular flexibility index (Phi) is 4.52. The summed E-state index contributed by atoms with van der Waals surface area (Å²) in [7, 11) is 1.37. The standard InChI is InChI=1S/C14H15FN2O4/c1-21-11-8-9(15)2-3-10(11)16-12(18)6-7-17-13(19)4-5-14(17)20/h2-3,8H,4-7H2,1H3,(H,16,18). The molecule has 2 rings (SSSR count). The second-order valence-electron chi connectivity index (χ2n) is 4.58. The monoisotopic (exact) mass is 294 g/mol. The van der Waals surface area contributed by atoms with Crippen molar-refractivity contribution in [2.75, 3.05) is 19.0 Å². The van der Waals surface area contributed by atoms with E-state index in [2.05, 4.69) is 5.32 Å². The lowest BCUT2D eigenvalue weighted by Crippen LogP contribution is -2.32. The first-order valence-corrected chi connectivity index (χ1v) is 6.48. The number of benzene rings is 1. The molecule has 112 valence electrons. The van der Waals surface area contributed by atoms with E-state index in [9.17, 15) is 18.8 Å². The van der Waals surface area contributed by atoms with E-state index < -0.39 is 5.82 Å². The third-order valence-corrected chi connectivity index (χ3v) is 3.15. The van der Waals surface area contributed by atoms with Gasteiger partial charge in [0.2, 0.25) is 17.7 Å². The molecule has 1 aliphatic rings. The lowest BCUT2D eigenvalue weighted by Gasteiger charge is -2.14. The molecule has 0 saturated carbocycles. The van der Waals surface area contributed by atoms with Crippen LogP contribution in [-0.4, -0.2) is 36.3 Å². The van der Waals surface area contributed by atoms with Crippen molar-refractivity contribution in [2.45, 2.75) is 19.3 Å². The number of likely N-dealkylation sites (tertiary alicyclic amines) is 1. The fraction of sp³-hybridized carbons (Fsp3) is 0.357. The van der Waals surface area contributed by atoms with Crippen LogP contribution >= 0.6 is 0 Å². The molecule has 3 amide bonds. The molecule has 1 fully saturated rings. The zero-order valence-electron chi connectivity index (χ0n) is 11.5. The van der Waals surface area contributed by atoms with Gasteiger partial charge in [0.1, 0.15) is 11.6 Å². The second-order valence-corrected chi connectivity index (χ2v) is 4.58. The molecule has 1 N–H and O–H groups in total. The molecule has 21 heavy (non-hydrogen) atoms. The molecule has 1 aliphatic heterocycles. The Morgan fingerprint density at radius 1 is 1.33 bits per heavy atom. The van der Waals surface area contributed by atoms with Crippen LogP contribution in [0.3, 0.4) is 0 Å². The van der Waals surface area contributed by atoms with Crippen LogP contribution < -0.4 is 10.1 Å². The summed E-state index contributed by atoms with van der Waals surface area (Å²) in [5.41, 5.74) is 0.336. The molecular weight excluding hydrogens is 279 g/mol. The average Bonchev–Trinajstić information content (AvgIpc) is 2.77. The number of hydrogen-bond donors (Lipinski definition) is 1. The lowest BCUT2D eigenvalue weighted by atomic mass is 10.2. The van der Waals surface area contributed by atoms with Gasteiger partial charge >= 0.3 is 0 Å². The first-order valence-electron chi connectivity index (χ1n) is 6.48. The van der Waals surface area contributed by atoms with E-state index in [1.165, 1.54) is 19.2 Å². The molecule has 1 aromatic carbocycles. The Hall–Kier alpha value is -2.44. The topological polar surface area (TPSA) is 75.7 Å². The van der Waals surface area contributed by atoms with Gasteiger partial charge in [0, 0.05) is 31.9 Å². The SMILES string of the molecule is COc1cc(F)ccc1NC(=O)CCN1C(=O)CCC1=O. The lowest BCUT2D eigenvalue weighted by molar-refractivity contribution is -0.138. The highest BCUT2D eigenvalue weighted by Crippen LogP contribution is 2.25. The molecule has 6 nitrogen and oxygen atoms in total. The summed E-state index contributed by atoms with van der Waals surface area (Å²) in [4.78, 5) is 35.7. The average molecular weight is 294 g/mol. The van der Waals surface area contributed by atoms with Gasteiger partial charge in [-0.1, -0.05) is 0 Å². The molecule has 1 heterocycles. The molecule has 0 unspecified atom stereocenters. The fourth-order valence-electron chi connectivity index (χ4n) is 2.07. The Bertz CT molecular complexity index is 572. The van der Waals surface area contributed by atoms with E-state index in [-0.39, 0.29) is 49.3 Å². The van der Waals surface area contributed by atoms with Gasteiger partial charge in [0.05, 0.1) is 12.8 Å². The molecule has 0 spiro atoms. The Labute approximate surface area is 120 Å². The van der Waals surface area contributed by atoms with Crippen molar-refractivity contribution in [3.05, 3.63) is 24.0 Å². The minimum Gasteiger partial charge on any atom is -0.494 e. The zero-order valence-corrected chi connectivity index (χ0v) is 11.5. The quantitative estimate of drug-likeness (QED) is 0.831. The molecule has 1 saturated heterocycles. The number of nitrogens with zero attached hydrogens (tertiary/aromatic N) is 1. The Morgan fingerprint density at radius 2 is 2.00 bits per heavy atom. The highest BCUT2D eigenvalue weighted by molar-refractivity contribution is 6.02. The van der Waals surface area contributed by atoms with E-state index in [4.69, 9.17) is 4.74 Å². The van der Waals surface area contributed by atoms with Crippen molar-refractivity contribution in [1.82, 2.24) is 4.90 Å². The normalized spacial score (nSPS) is 14.5. The number of methoxy groups -OCH3 is 1. The number of ether oxygens (including phenoxy) is 1. The summed E-state index contributed by atoms with van der Waals surface area (Å²) in [6, 6.07) is 3.74. The Morgan fingerprint density at radius 3 is 2.62 bits per heavy atom. The van der Waals surface area contributed by atoms with Crippen LogP contribution in [0.2, 0.25) is 0 Å². The maximum Gasteiger partial charge on any atom is 0.229 e. The van der Waals surface area contributed by atoms with E-state index >= 15 is 0 Å². The Balaban J connectivity index is 1.93. The van der Waals surface area contributed by atoms with Crippen molar-refractivity contribution in [1.29, 1.82) is 0 Å². The fourth-order valence-corrected chi connectivity index (χ4v) is 2.07. The second kappa shape index (κ2) is 6.34. The van der Waals surface area contributed by atoms with Gasteiger partial charge in [0.25, 0.3) is 0 Å². The van der Waals surface area contributed by atoms with Gasteiger partial charge in [0.15, 0.2) is 0 Å². The van der Waals surface area contributed by atoms with Crippen LogP contribution in [0, 0.1) is 5.82 Å². The highest BCUT2D eigenvalue weighted by atomic mass is 19.1. The summed E-state index contributed by atoms with van der Waals surface area (Å²) >= 11 is 0. The predicted molar refractivity (Wildman–Crippen MR) is 72.2 cm³/mol.